The number of hydrogen-bond donors (Lipinski definition) is 2. The summed E-state index contributed by atoms with van der Waals surface area (Å²) in [7, 11) is -4.14. The lowest BCUT2D eigenvalue weighted by Crippen LogP contribution is -2.08. The summed E-state index contributed by atoms with van der Waals surface area (Å²) in [5.74, 6) is 0.117. The first-order valence-electron chi connectivity index (χ1n) is 5.40. The number of nitrogens with one attached hydrogen (secondary N) is 1. The molecule has 0 spiro atoms. The van der Waals surface area contributed by atoms with Gasteiger partial charge >= 0.3 is 0 Å². The van der Waals surface area contributed by atoms with Gasteiger partial charge in [-0.25, -0.2) is 0 Å². The minimum absolute atomic E-state index is 0.117. The summed E-state index contributed by atoms with van der Waals surface area (Å²) < 4.78 is 30.6. The Morgan fingerprint density at radius 2 is 1.78 bits per heavy atom. The van der Waals surface area contributed by atoms with Gasteiger partial charge in [-0.05, 0) is 31.2 Å². The first kappa shape index (κ1) is 14.5. The predicted molar refractivity (Wildman–Crippen MR) is 73.0 cm³/mol. The van der Waals surface area contributed by atoms with E-state index in [0.29, 0.717) is 5.69 Å². The van der Waals surface area contributed by atoms with Gasteiger partial charge in [-0.2, -0.15) is 8.42 Å². The average molecular weight is 267 g/mol. The molecule has 0 amide bonds. The standard InChI is InChI=1S/C13H17NO3S/c1-9(2)10(3)11(4)14-12-5-7-13(8-6-12)18(15,16)17/h5-8,10,14H,1,4H2,2-3H3,(H,15,16,17). The van der Waals surface area contributed by atoms with Crippen molar-refractivity contribution in [2.24, 2.45) is 5.92 Å². The van der Waals surface area contributed by atoms with E-state index < -0.39 is 10.1 Å². The highest BCUT2D eigenvalue weighted by atomic mass is 32.2. The van der Waals surface area contributed by atoms with Crippen LogP contribution in [0, 0.1) is 5.92 Å². The van der Waals surface area contributed by atoms with Crippen molar-refractivity contribution in [3.63, 3.8) is 0 Å². The molecule has 18 heavy (non-hydrogen) atoms. The van der Waals surface area contributed by atoms with Crippen LogP contribution in [0.5, 0.6) is 0 Å². The van der Waals surface area contributed by atoms with Gasteiger partial charge < -0.3 is 5.32 Å². The monoisotopic (exact) mass is 267 g/mol. The van der Waals surface area contributed by atoms with Crippen molar-refractivity contribution in [3.8, 4) is 0 Å². The van der Waals surface area contributed by atoms with Gasteiger partial charge in [-0.3, -0.25) is 4.55 Å². The van der Waals surface area contributed by atoms with Gasteiger partial charge in [0.2, 0.25) is 0 Å². The van der Waals surface area contributed by atoms with E-state index in [0.717, 1.165) is 11.3 Å². The van der Waals surface area contributed by atoms with Crippen LogP contribution >= 0.6 is 0 Å². The first-order valence-corrected chi connectivity index (χ1v) is 6.84. The van der Waals surface area contributed by atoms with Crippen LogP contribution < -0.4 is 5.32 Å². The number of allylic oxidation sites excluding steroid dienone is 1. The number of hydrogen-bond acceptors (Lipinski definition) is 3. The van der Waals surface area contributed by atoms with Crippen molar-refractivity contribution in [1.82, 2.24) is 0 Å². The molecule has 1 aromatic carbocycles. The minimum atomic E-state index is -4.14. The van der Waals surface area contributed by atoms with E-state index in [-0.39, 0.29) is 10.8 Å². The van der Waals surface area contributed by atoms with E-state index in [9.17, 15) is 8.42 Å². The fourth-order valence-corrected chi connectivity index (χ4v) is 1.78. The third kappa shape index (κ3) is 3.72. The third-order valence-corrected chi connectivity index (χ3v) is 3.59. The molecule has 1 aromatic rings. The second-order valence-corrected chi connectivity index (χ2v) is 5.64. The molecular weight excluding hydrogens is 250 g/mol. The summed E-state index contributed by atoms with van der Waals surface area (Å²) in [4.78, 5) is -0.133. The molecular formula is C13H17NO3S. The quantitative estimate of drug-likeness (QED) is 0.635. The largest absolute Gasteiger partial charge is 0.359 e. The molecule has 0 aromatic heterocycles. The second-order valence-electron chi connectivity index (χ2n) is 4.22. The maximum absolute atomic E-state index is 10.9. The van der Waals surface area contributed by atoms with Gasteiger partial charge in [0.25, 0.3) is 10.1 Å². The SMILES string of the molecule is C=C(C)C(C)C(=C)Nc1ccc(S(=O)(=O)O)cc1. The molecule has 0 radical (unpaired) electrons. The van der Waals surface area contributed by atoms with E-state index in [4.69, 9.17) is 4.55 Å². The molecule has 0 saturated carbocycles. The Labute approximate surface area is 108 Å². The molecule has 0 aliphatic rings. The Kier molecular flexibility index (Phi) is 4.32. The van der Waals surface area contributed by atoms with Crippen molar-refractivity contribution in [2.45, 2.75) is 18.7 Å². The summed E-state index contributed by atoms with van der Waals surface area (Å²) >= 11 is 0. The maximum Gasteiger partial charge on any atom is 0.294 e. The van der Waals surface area contributed by atoms with E-state index >= 15 is 0 Å². The Bertz CT molecular complexity index is 558. The number of rotatable bonds is 5. The molecule has 1 unspecified atom stereocenters. The number of benzene rings is 1. The van der Waals surface area contributed by atoms with Crippen molar-refractivity contribution < 1.29 is 13.0 Å². The zero-order chi connectivity index (χ0) is 13.9. The van der Waals surface area contributed by atoms with Crippen LogP contribution in [-0.4, -0.2) is 13.0 Å². The van der Waals surface area contributed by atoms with Gasteiger partial charge in [0.15, 0.2) is 0 Å². The summed E-state index contributed by atoms with van der Waals surface area (Å²) in [6, 6.07) is 5.80. The van der Waals surface area contributed by atoms with Gasteiger partial charge in [-0.1, -0.05) is 25.7 Å². The lowest BCUT2D eigenvalue weighted by molar-refractivity contribution is 0.483. The lowest BCUT2D eigenvalue weighted by Gasteiger charge is -2.17. The molecule has 2 N–H and O–H groups in total. The van der Waals surface area contributed by atoms with Crippen molar-refractivity contribution in [3.05, 3.63) is 48.7 Å². The summed E-state index contributed by atoms with van der Waals surface area (Å²) in [5, 5.41) is 3.07. The molecule has 1 rings (SSSR count). The van der Waals surface area contributed by atoms with Crippen molar-refractivity contribution in [1.29, 1.82) is 0 Å². The topological polar surface area (TPSA) is 66.4 Å². The average Bonchev–Trinajstić information content (AvgIpc) is 2.27. The number of anilines is 1. The minimum Gasteiger partial charge on any atom is -0.359 e. The van der Waals surface area contributed by atoms with E-state index in [1.807, 2.05) is 13.8 Å². The lowest BCUT2D eigenvalue weighted by atomic mass is 10.0. The first-order chi connectivity index (χ1) is 8.21. The third-order valence-electron chi connectivity index (χ3n) is 2.72. The van der Waals surface area contributed by atoms with E-state index in [1.165, 1.54) is 12.1 Å². The highest BCUT2D eigenvalue weighted by Crippen LogP contribution is 2.20. The second kappa shape index (κ2) is 5.37. The Morgan fingerprint density at radius 1 is 1.28 bits per heavy atom. The van der Waals surface area contributed by atoms with Crippen LogP contribution in [0.2, 0.25) is 0 Å². The molecule has 0 aliphatic carbocycles. The van der Waals surface area contributed by atoms with Crippen molar-refractivity contribution in [2.75, 3.05) is 5.32 Å². The summed E-state index contributed by atoms with van der Waals surface area (Å²) in [5.41, 5.74) is 2.48. The van der Waals surface area contributed by atoms with Crippen LogP contribution in [-0.2, 0) is 10.1 Å². The zero-order valence-corrected chi connectivity index (χ0v) is 11.3. The highest BCUT2D eigenvalue weighted by molar-refractivity contribution is 7.85. The highest BCUT2D eigenvalue weighted by Gasteiger charge is 2.10. The van der Waals surface area contributed by atoms with Gasteiger partial charge in [0.05, 0.1) is 4.90 Å². The van der Waals surface area contributed by atoms with Crippen LogP contribution in [0.15, 0.2) is 53.6 Å². The molecule has 1 atom stereocenters. The smallest absolute Gasteiger partial charge is 0.294 e. The van der Waals surface area contributed by atoms with E-state index in [1.54, 1.807) is 12.1 Å². The Hall–Kier alpha value is -1.59. The van der Waals surface area contributed by atoms with Crippen molar-refractivity contribution >= 4 is 15.8 Å². The van der Waals surface area contributed by atoms with Gasteiger partial charge in [0, 0.05) is 17.3 Å². The van der Waals surface area contributed by atoms with E-state index in [2.05, 4.69) is 18.5 Å². The van der Waals surface area contributed by atoms with Crippen LogP contribution in [0.3, 0.4) is 0 Å². The molecule has 5 heteroatoms. The molecule has 0 heterocycles. The Morgan fingerprint density at radius 3 is 2.17 bits per heavy atom. The molecule has 0 fully saturated rings. The maximum atomic E-state index is 10.9. The molecule has 4 nitrogen and oxygen atoms in total. The molecule has 0 aliphatic heterocycles. The van der Waals surface area contributed by atoms with Crippen LogP contribution in [0.1, 0.15) is 13.8 Å². The fourth-order valence-electron chi connectivity index (χ4n) is 1.30. The zero-order valence-electron chi connectivity index (χ0n) is 10.5. The van der Waals surface area contributed by atoms with Gasteiger partial charge in [0.1, 0.15) is 0 Å². The fraction of sp³-hybridized carbons (Fsp3) is 0.231. The molecule has 0 saturated heterocycles. The summed E-state index contributed by atoms with van der Waals surface area (Å²) in [6.07, 6.45) is 0. The van der Waals surface area contributed by atoms with Crippen LogP contribution in [0.25, 0.3) is 0 Å². The van der Waals surface area contributed by atoms with Crippen LogP contribution in [0.4, 0.5) is 5.69 Å². The van der Waals surface area contributed by atoms with Gasteiger partial charge in [-0.15, -0.1) is 0 Å². The molecule has 98 valence electrons. The summed E-state index contributed by atoms with van der Waals surface area (Å²) in [6.45, 7) is 11.6. The normalized spacial score (nSPS) is 12.8. The molecule has 0 bridgehead atoms. The Balaban J connectivity index is 2.82. The predicted octanol–water partition coefficient (Wildman–Crippen LogP) is 3.07.